The number of rotatable bonds is 6. The highest BCUT2D eigenvalue weighted by Gasteiger charge is 2.15. The van der Waals surface area contributed by atoms with Crippen LogP contribution in [-0.4, -0.2) is 28.7 Å². The predicted octanol–water partition coefficient (Wildman–Crippen LogP) is 3.19. The molecule has 0 bridgehead atoms. The van der Waals surface area contributed by atoms with Crippen molar-refractivity contribution in [3.63, 3.8) is 0 Å². The number of anilines is 1. The van der Waals surface area contributed by atoms with E-state index in [9.17, 15) is 19.2 Å². The Bertz CT molecular complexity index is 1140. The molecule has 1 heterocycles. The van der Waals surface area contributed by atoms with E-state index in [2.05, 4.69) is 15.3 Å². The summed E-state index contributed by atoms with van der Waals surface area (Å²) in [4.78, 5) is 31.2. The summed E-state index contributed by atoms with van der Waals surface area (Å²) in [5, 5.41) is 12.1. The molecular weight excluding hydrogens is 395 g/mol. The number of amides is 1. The van der Waals surface area contributed by atoms with Gasteiger partial charge in [-0.25, -0.2) is 9.37 Å². The van der Waals surface area contributed by atoms with Crippen LogP contribution in [0.2, 0.25) is 0 Å². The summed E-state index contributed by atoms with van der Waals surface area (Å²) in [6.45, 7) is 0. The lowest BCUT2D eigenvalue weighted by atomic mass is 10.1. The third kappa shape index (κ3) is 5.00. The Morgan fingerprint density at radius 1 is 1.31 bits per heavy atom. The number of H-pyrrole nitrogens is 1. The Morgan fingerprint density at radius 2 is 2.07 bits per heavy atom. The average Bonchev–Trinajstić information content (AvgIpc) is 2.72. The molecular formula is C20H15FN4O3S. The minimum atomic E-state index is -0.596. The number of hydrogen-bond acceptors (Lipinski definition) is 6. The van der Waals surface area contributed by atoms with Gasteiger partial charge in [-0.1, -0.05) is 17.8 Å². The Balaban J connectivity index is 1.79. The number of benzene rings is 2. The van der Waals surface area contributed by atoms with Crippen LogP contribution >= 0.6 is 11.8 Å². The standard InChI is InChI=1S/C20H15FN4O3S/c1-28-15-7-5-12(6-8-15)18-16(10-22)19(27)25-20(24-18)29-11-17(26)23-14-4-2-3-13(21)9-14/h2-9H,11H2,1H3,(H,23,26)(H,24,25,27). The van der Waals surface area contributed by atoms with Gasteiger partial charge in [0.05, 0.1) is 18.6 Å². The van der Waals surface area contributed by atoms with Crippen molar-refractivity contribution in [3.8, 4) is 23.1 Å². The normalized spacial score (nSPS) is 10.2. The largest absolute Gasteiger partial charge is 0.497 e. The fourth-order valence-corrected chi connectivity index (χ4v) is 3.14. The number of aromatic nitrogens is 2. The number of aromatic amines is 1. The Kier molecular flexibility index (Phi) is 6.26. The van der Waals surface area contributed by atoms with E-state index in [0.717, 1.165) is 11.8 Å². The molecule has 2 N–H and O–H groups in total. The van der Waals surface area contributed by atoms with Crippen LogP contribution in [0.1, 0.15) is 5.56 Å². The van der Waals surface area contributed by atoms with Crippen LogP contribution in [0, 0.1) is 17.1 Å². The molecule has 0 fully saturated rings. The number of carbonyl (C=O) groups excluding carboxylic acids is 1. The molecule has 29 heavy (non-hydrogen) atoms. The summed E-state index contributed by atoms with van der Waals surface area (Å²) in [7, 11) is 1.53. The second-order valence-corrected chi connectivity index (χ2v) is 6.75. The van der Waals surface area contributed by atoms with Gasteiger partial charge in [-0.3, -0.25) is 9.59 Å². The lowest BCUT2D eigenvalue weighted by molar-refractivity contribution is -0.113. The zero-order valence-corrected chi connectivity index (χ0v) is 16.0. The molecule has 1 aromatic heterocycles. The Hall–Kier alpha value is -3.64. The second-order valence-electron chi connectivity index (χ2n) is 5.78. The number of thioether (sulfide) groups is 1. The van der Waals surface area contributed by atoms with Crippen molar-refractivity contribution >= 4 is 23.4 Å². The minimum Gasteiger partial charge on any atom is -0.497 e. The minimum absolute atomic E-state index is 0.0621. The topological polar surface area (TPSA) is 108 Å². The highest BCUT2D eigenvalue weighted by Crippen LogP contribution is 2.24. The predicted molar refractivity (Wildman–Crippen MR) is 107 cm³/mol. The molecule has 9 heteroatoms. The van der Waals surface area contributed by atoms with E-state index < -0.39 is 17.3 Å². The van der Waals surface area contributed by atoms with Gasteiger partial charge < -0.3 is 15.0 Å². The second kappa shape index (κ2) is 9.03. The average molecular weight is 410 g/mol. The molecule has 2 aromatic carbocycles. The highest BCUT2D eigenvalue weighted by molar-refractivity contribution is 7.99. The number of ether oxygens (including phenoxy) is 1. The molecule has 0 aliphatic rings. The SMILES string of the molecule is COc1ccc(-c2nc(SCC(=O)Nc3cccc(F)c3)[nH]c(=O)c2C#N)cc1. The maximum absolute atomic E-state index is 13.2. The van der Waals surface area contributed by atoms with Crippen LogP contribution in [0.15, 0.2) is 58.5 Å². The number of nitrogens with zero attached hydrogens (tertiary/aromatic N) is 2. The fourth-order valence-electron chi connectivity index (χ4n) is 2.48. The van der Waals surface area contributed by atoms with Gasteiger partial charge in [0.15, 0.2) is 5.16 Å². The first kappa shape index (κ1) is 20.1. The van der Waals surface area contributed by atoms with Crippen molar-refractivity contribution in [1.82, 2.24) is 9.97 Å². The number of nitriles is 1. The first-order valence-corrected chi connectivity index (χ1v) is 9.36. The maximum Gasteiger partial charge on any atom is 0.270 e. The molecule has 1 amide bonds. The van der Waals surface area contributed by atoms with Crippen LogP contribution in [0.25, 0.3) is 11.3 Å². The van der Waals surface area contributed by atoms with Crippen molar-refractivity contribution < 1.29 is 13.9 Å². The molecule has 7 nitrogen and oxygen atoms in total. The number of methoxy groups -OCH3 is 1. The lowest BCUT2D eigenvalue weighted by Crippen LogP contribution is -2.17. The van der Waals surface area contributed by atoms with Gasteiger partial charge in [-0.2, -0.15) is 5.26 Å². The smallest absolute Gasteiger partial charge is 0.270 e. The molecule has 0 unspecified atom stereocenters. The monoisotopic (exact) mass is 410 g/mol. The molecule has 0 saturated heterocycles. The first-order valence-electron chi connectivity index (χ1n) is 8.37. The van der Waals surface area contributed by atoms with Crippen LogP contribution in [0.3, 0.4) is 0 Å². The molecule has 3 rings (SSSR count). The summed E-state index contributed by atoms with van der Waals surface area (Å²) in [5.74, 6) is -0.287. The number of nitrogens with one attached hydrogen (secondary N) is 2. The molecule has 146 valence electrons. The number of hydrogen-bond donors (Lipinski definition) is 2. The van der Waals surface area contributed by atoms with Gasteiger partial charge >= 0.3 is 0 Å². The van der Waals surface area contributed by atoms with E-state index in [1.54, 1.807) is 30.3 Å². The van der Waals surface area contributed by atoms with Crippen LogP contribution < -0.4 is 15.6 Å². The molecule has 0 radical (unpaired) electrons. The van der Waals surface area contributed by atoms with Crippen molar-refractivity contribution in [2.75, 3.05) is 18.2 Å². The first-order chi connectivity index (χ1) is 14.0. The van der Waals surface area contributed by atoms with E-state index in [4.69, 9.17) is 4.74 Å². The summed E-state index contributed by atoms with van der Waals surface area (Å²) >= 11 is 0.995. The summed E-state index contributed by atoms with van der Waals surface area (Å²) in [6.07, 6.45) is 0. The van der Waals surface area contributed by atoms with E-state index in [1.165, 1.54) is 25.3 Å². The number of halogens is 1. The van der Waals surface area contributed by atoms with Crippen LogP contribution in [0.4, 0.5) is 10.1 Å². The summed E-state index contributed by atoms with van der Waals surface area (Å²) < 4.78 is 18.3. The van der Waals surface area contributed by atoms with Gasteiger partial charge in [-0.15, -0.1) is 0 Å². The van der Waals surface area contributed by atoms with Gasteiger partial charge in [0, 0.05) is 11.3 Å². The zero-order valence-electron chi connectivity index (χ0n) is 15.2. The van der Waals surface area contributed by atoms with Gasteiger partial charge in [-0.05, 0) is 42.5 Å². The quantitative estimate of drug-likeness (QED) is 0.477. The van der Waals surface area contributed by atoms with Gasteiger partial charge in [0.25, 0.3) is 5.56 Å². The van der Waals surface area contributed by atoms with E-state index >= 15 is 0 Å². The van der Waals surface area contributed by atoms with Crippen molar-refractivity contribution in [2.45, 2.75) is 5.16 Å². The van der Waals surface area contributed by atoms with Crippen molar-refractivity contribution in [1.29, 1.82) is 5.26 Å². The molecule has 0 aliphatic carbocycles. The molecule has 0 aliphatic heterocycles. The van der Waals surface area contributed by atoms with Crippen LogP contribution in [0.5, 0.6) is 5.75 Å². The van der Waals surface area contributed by atoms with Crippen molar-refractivity contribution in [3.05, 3.63) is 70.3 Å². The Morgan fingerprint density at radius 3 is 2.72 bits per heavy atom. The van der Waals surface area contributed by atoms with E-state index in [0.29, 0.717) is 17.0 Å². The van der Waals surface area contributed by atoms with E-state index in [-0.39, 0.29) is 22.2 Å². The van der Waals surface area contributed by atoms with E-state index in [1.807, 2.05) is 6.07 Å². The third-order valence-electron chi connectivity index (χ3n) is 3.82. The van der Waals surface area contributed by atoms with Crippen LogP contribution in [-0.2, 0) is 4.79 Å². The number of carbonyl (C=O) groups is 1. The lowest BCUT2D eigenvalue weighted by Gasteiger charge is -2.08. The summed E-state index contributed by atoms with van der Waals surface area (Å²) in [5.41, 5.74) is 0.396. The van der Waals surface area contributed by atoms with Crippen molar-refractivity contribution in [2.24, 2.45) is 0 Å². The fraction of sp³-hybridized carbons (Fsp3) is 0.100. The third-order valence-corrected chi connectivity index (χ3v) is 4.69. The summed E-state index contributed by atoms with van der Waals surface area (Å²) in [6, 6.07) is 14.1. The molecule has 3 aromatic rings. The molecule has 0 saturated carbocycles. The maximum atomic E-state index is 13.2. The zero-order chi connectivity index (χ0) is 20.8. The Labute approximate surface area is 169 Å². The highest BCUT2D eigenvalue weighted by atomic mass is 32.2. The van der Waals surface area contributed by atoms with Gasteiger partial charge in [0.2, 0.25) is 5.91 Å². The molecule has 0 spiro atoms. The van der Waals surface area contributed by atoms with Gasteiger partial charge in [0.1, 0.15) is 23.2 Å². The molecule has 0 atom stereocenters.